The zero-order valence-corrected chi connectivity index (χ0v) is 10.7. The number of rotatable bonds is 5. The van der Waals surface area contributed by atoms with Gasteiger partial charge in [-0.15, -0.1) is 0 Å². The van der Waals surface area contributed by atoms with Crippen molar-refractivity contribution in [1.82, 2.24) is 4.98 Å². The lowest BCUT2D eigenvalue weighted by atomic mass is 9.98. The number of primary amides is 1. The van der Waals surface area contributed by atoms with Crippen LogP contribution in [0.4, 0.5) is 11.5 Å². The van der Waals surface area contributed by atoms with E-state index in [1.54, 1.807) is 13.8 Å². The molecule has 0 aliphatic rings. The van der Waals surface area contributed by atoms with Crippen LogP contribution in [0.15, 0.2) is 12.1 Å². The van der Waals surface area contributed by atoms with Crippen LogP contribution in [0, 0.1) is 10.1 Å². The van der Waals surface area contributed by atoms with Gasteiger partial charge in [0.05, 0.1) is 17.1 Å². The first kappa shape index (κ1) is 14.2. The number of carbonyl (C=O) groups excluding carboxylic acids is 1. The first-order chi connectivity index (χ1) is 8.28. The highest BCUT2D eigenvalue weighted by Crippen LogP contribution is 2.23. The normalized spacial score (nSPS) is 13.7. The van der Waals surface area contributed by atoms with Crippen LogP contribution in [0.2, 0.25) is 5.15 Å². The lowest BCUT2D eigenvalue weighted by Crippen LogP contribution is -2.47. The molecule has 0 saturated heterocycles. The molecule has 0 aromatic carbocycles. The van der Waals surface area contributed by atoms with Gasteiger partial charge in [0.2, 0.25) is 5.91 Å². The topological polar surface area (TPSA) is 111 Å². The Morgan fingerprint density at radius 1 is 1.67 bits per heavy atom. The monoisotopic (exact) mass is 272 g/mol. The summed E-state index contributed by atoms with van der Waals surface area (Å²) in [5.41, 5.74) is 4.03. The van der Waals surface area contributed by atoms with Gasteiger partial charge in [-0.3, -0.25) is 14.9 Å². The minimum atomic E-state index is -1.04. The number of halogens is 1. The van der Waals surface area contributed by atoms with E-state index in [0.717, 1.165) is 6.07 Å². The van der Waals surface area contributed by atoms with Crippen LogP contribution < -0.4 is 11.1 Å². The van der Waals surface area contributed by atoms with Crippen molar-refractivity contribution in [3.8, 4) is 0 Å². The average molecular weight is 273 g/mol. The van der Waals surface area contributed by atoms with Gasteiger partial charge >= 0.3 is 0 Å². The maximum Gasteiger partial charge on any atom is 0.276 e. The minimum absolute atomic E-state index is 0.0328. The maximum absolute atomic E-state index is 11.3. The summed E-state index contributed by atoms with van der Waals surface area (Å²) in [4.78, 5) is 25.3. The van der Waals surface area contributed by atoms with E-state index in [0.29, 0.717) is 6.42 Å². The number of amides is 1. The third-order valence-electron chi connectivity index (χ3n) is 2.64. The number of aromatic nitrogens is 1. The summed E-state index contributed by atoms with van der Waals surface area (Å²) < 4.78 is 0. The maximum atomic E-state index is 11.3. The smallest absolute Gasteiger partial charge is 0.276 e. The van der Waals surface area contributed by atoms with Crippen LogP contribution in [0.25, 0.3) is 0 Å². The predicted molar refractivity (Wildman–Crippen MR) is 67.4 cm³/mol. The average Bonchev–Trinajstić information content (AvgIpc) is 2.27. The van der Waals surface area contributed by atoms with Gasteiger partial charge in [-0.25, -0.2) is 4.98 Å². The molecule has 0 saturated carbocycles. The fourth-order valence-corrected chi connectivity index (χ4v) is 1.46. The van der Waals surface area contributed by atoms with Crippen molar-refractivity contribution in [3.63, 3.8) is 0 Å². The molecule has 0 aliphatic carbocycles. The van der Waals surface area contributed by atoms with Crippen molar-refractivity contribution in [2.75, 3.05) is 5.32 Å². The molecule has 7 nitrogen and oxygen atoms in total. The largest absolute Gasteiger partial charge is 0.368 e. The molecule has 1 amide bonds. The molecule has 1 rings (SSSR count). The van der Waals surface area contributed by atoms with Gasteiger partial charge < -0.3 is 11.1 Å². The number of carbonyl (C=O) groups is 1. The van der Waals surface area contributed by atoms with Gasteiger partial charge in [0.1, 0.15) is 16.5 Å². The van der Waals surface area contributed by atoms with Crippen LogP contribution in [-0.4, -0.2) is 21.4 Å². The van der Waals surface area contributed by atoms with Crippen molar-refractivity contribution < 1.29 is 9.72 Å². The molecule has 0 aliphatic heterocycles. The van der Waals surface area contributed by atoms with E-state index in [2.05, 4.69) is 10.3 Å². The summed E-state index contributed by atoms with van der Waals surface area (Å²) in [6, 6.07) is 2.32. The molecule has 0 bridgehead atoms. The Labute approximate surface area is 108 Å². The second-order valence-corrected chi connectivity index (χ2v) is 4.35. The summed E-state index contributed by atoms with van der Waals surface area (Å²) >= 11 is 5.67. The molecular weight excluding hydrogens is 260 g/mol. The summed E-state index contributed by atoms with van der Waals surface area (Å²) in [6.07, 6.45) is 0.407. The van der Waals surface area contributed by atoms with Crippen LogP contribution in [0.1, 0.15) is 20.3 Å². The molecule has 18 heavy (non-hydrogen) atoms. The molecule has 1 heterocycles. The molecular formula is C10H13ClN4O3. The second kappa shape index (κ2) is 5.18. The van der Waals surface area contributed by atoms with Crippen LogP contribution in [0.3, 0.4) is 0 Å². The van der Waals surface area contributed by atoms with E-state index in [4.69, 9.17) is 17.3 Å². The molecule has 8 heteroatoms. The first-order valence-electron chi connectivity index (χ1n) is 5.18. The Balaban J connectivity index is 3.11. The van der Waals surface area contributed by atoms with Crippen LogP contribution in [0.5, 0.6) is 0 Å². The predicted octanol–water partition coefficient (Wildman–Crippen LogP) is 1.71. The van der Waals surface area contributed by atoms with Crippen molar-refractivity contribution >= 4 is 29.0 Å². The zero-order valence-electron chi connectivity index (χ0n) is 9.94. The molecule has 1 aromatic rings. The van der Waals surface area contributed by atoms with Crippen molar-refractivity contribution in [1.29, 1.82) is 0 Å². The molecule has 98 valence electrons. The zero-order chi connectivity index (χ0) is 13.9. The molecule has 0 radical (unpaired) electrons. The quantitative estimate of drug-likeness (QED) is 0.481. The summed E-state index contributed by atoms with van der Waals surface area (Å²) in [5.74, 6) is -0.438. The highest BCUT2D eigenvalue weighted by Gasteiger charge is 2.29. The van der Waals surface area contributed by atoms with Gasteiger partial charge in [-0.05, 0) is 13.3 Å². The third kappa shape index (κ3) is 3.07. The SMILES string of the molecule is CCC(C)(Nc1cc([N+](=O)[O-])cc(Cl)n1)C(N)=O. The van der Waals surface area contributed by atoms with Gasteiger partial charge in [-0.2, -0.15) is 0 Å². The number of hydrogen-bond donors (Lipinski definition) is 2. The van der Waals surface area contributed by atoms with Crippen molar-refractivity contribution in [3.05, 3.63) is 27.4 Å². The van der Waals surface area contributed by atoms with Gasteiger partial charge in [0.15, 0.2) is 0 Å². The summed E-state index contributed by atoms with van der Waals surface area (Å²) in [6.45, 7) is 3.35. The van der Waals surface area contributed by atoms with E-state index in [1.165, 1.54) is 6.07 Å². The molecule has 1 unspecified atom stereocenters. The fraction of sp³-hybridized carbons (Fsp3) is 0.400. The Bertz CT molecular complexity index is 494. The molecule has 3 N–H and O–H groups in total. The molecule has 1 atom stereocenters. The number of nitrogens with two attached hydrogens (primary N) is 1. The number of nitrogens with one attached hydrogen (secondary N) is 1. The van der Waals surface area contributed by atoms with Crippen LogP contribution >= 0.6 is 11.6 Å². The van der Waals surface area contributed by atoms with Gasteiger partial charge in [-0.1, -0.05) is 18.5 Å². The molecule has 0 spiro atoms. The Morgan fingerprint density at radius 2 is 2.28 bits per heavy atom. The lowest BCUT2D eigenvalue weighted by Gasteiger charge is -2.26. The van der Waals surface area contributed by atoms with Crippen molar-refractivity contribution in [2.24, 2.45) is 5.73 Å². The van der Waals surface area contributed by atoms with E-state index in [9.17, 15) is 14.9 Å². The Kier molecular flexibility index (Phi) is 4.07. The third-order valence-corrected chi connectivity index (χ3v) is 2.84. The highest BCUT2D eigenvalue weighted by molar-refractivity contribution is 6.29. The van der Waals surface area contributed by atoms with E-state index >= 15 is 0 Å². The number of nitrogens with zero attached hydrogens (tertiary/aromatic N) is 2. The number of hydrogen-bond acceptors (Lipinski definition) is 5. The summed E-state index contributed by atoms with van der Waals surface area (Å²) in [7, 11) is 0. The van der Waals surface area contributed by atoms with Gasteiger partial charge in [0.25, 0.3) is 5.69 Å². The number of nitro groups is 1. The lowest BCUT2D eigenvalue weighted by molar-refractivity contribution is -0.384. The Morgan fingerprint density at radius 3 is 2.72 bits per heavy atom. The van der Waals surface area contributed by atoms with E-state index in [1.807, 2.05) is 0 Å². The van der Waals surface area contributed by atoms with E-state index in [-0.39, 0.29) is 16.7 Å². The first-order valence-corrected chi connectivity index (χ1v) is 5.56. The van der Waals surface area contributed by atoms with Crippen LogP contribution in [-0.2, 0) is 4.79 Å². The molecule has 0 fully saturated rings. The van der Waals surface area contributed by atoms with Gasteiger partial charge in [0, 0.05) is 0 Å². The summed E-state index contributed by atoms with van der Waals surface area (Å²) in [5, 5.41) is 13.4. The Hall–Kier alpha value is -1.89. The number of anilines is 1. The van der Waals surface area contributed by atoms with Crippen molar-refractivity contribution in [2.45, 2.75) is 25.8 Å². The highest BCUT2D eigenvalue weighted by atomic mass is 35.5. The van der Waals surface area contributed by atoms with E-state index < -0.39 is 16.4 Å². The molecule has 1 aromatic heterocycles. The standard InChI is InChI=1S/C10H13ClN4O3/c1-3-10(2,9(12)16)14-8-5-6(15(17)18)4-7(11)13-8/h4-5H,3H2,1-2H3,(H2,12,16)(H,13,14). The number of pyridine rings is 1. The minimum Gasteiger partial charge on any atom is -0.368 e. The fourth-order valence-electron chi connectivity index (χ4n) is 1.26. The second-order valence-electron chi connectivity index (χ2n) is 3.97.